The first-order valence-corrected chi connectivity index (χ1v) is 6.24. The van der Waals surface area contributed by atoms with Gasteiger partial charge in [0.15, 0.2) is 0 Å². The third-order valence-corrected chi connectivity index (χ3v) is 2.42. The van der Waals surface area contributed by atoms with Crippen LogP contribution in [-0.4, -0.2) is 29.9 Å². The number of ether oxygens (including phenoxy) is 2. The van der Waals surface area contributed by atoms with E-state index in [4.69, 9.17) is 15.2 Å². The Hall–Kier alpha value is -1.75. The maximum atomic E-state index is 11.8. The zero-order valence-corrected chi connectivity index (χ0v) is 11.6. The van der Waals surface area contributed by atoms with Crippen molar-refractivity contribution in [1.82, 2.24) is 0 Å². The van der Waals surface area contributed by atoms with Gasteiger partial charge in [-0.2, -0.15) is 0 Å². The first-order chi connectivity index (χ1) is 8.81. The van der Waals surface area contributed by atoms with Crippen LogP contribution in [0.15, 0.2) is 18.2 Å². The van der Waals surface area contributed by atoms with Gasteiger partial charge in [-0.3, -0.25) is 0 Å². The van der Waals surface area contributed by atoms with Gasteiger partial charge in [-0.05, 0) is 32.9 Å². The van der Waals surface area contributed by atoms with Crippen molar-refractivity contribution in [2.45, 2.75) is 32.8 Å². The molecule has 0 aliphatic carbocycles. The summed E-state index contributed by atoms with van der Waals surface area (Å²) in [4.78, 5) is 11.8. The van der Waals surface area contributed by atoms with Crippen molar-refractivity contribution in [3.05, 3.63) is 23.8 Å². The molecule has 0 fully saturated rings. The summed E-state index contributed by atoms with van der Waals surface area (Å²) in [5, 5.41) is 9.53. The molecule has 0 unspecified atom stereocenters. The lowest BCUT2D eigenvalue weighted by molar-refractivity contribution is 0.0244. The van der Waals surface area contributed by atoms with Crippen LogP contribution in [0, 0.1) is 0 Å². The fourth-order valence-corrected chi connectivity index (χ4v) is 1.47. The minimum absolute atomic E-state index is 0.154. The van der Waals surface area contributed by atoms with E-state index in [1.807, 2.05) is 6.92 Å². The molecule has 0 amide bonds. The van der Waals surface area contributed by atoms with Crippen molar-refractivity contribution in [1.29, 1.82) is 0 Å². The maximum absolute atomic E-state index is 11.8. The summed E-state index contributed by atoms with van der Waals surface area (Å²) in [6.45, 7) is 5.82. The number of nitrogen functional groups attached to an aromatic ring is 1. The second-order valence-corrected chi connectivity index (χ2v) is 4.92. The monoisotopic (exact) mass is 267 g/mol. The molecule has 106 valence electrons. The molecule has 0 heterocycles. The van der Waals surface area contributed by atoms with E-state index < -0.39 is 11.6 Å². The zero-order chi connectivity index (χ0) is 14.5. The number of nitrogens with two attached hydrogens (primary N) is 1. The minimum atomic E-state index is -0.855. The molecule has 3 N–H and O–H groups in total. The van der Waals surface area contributed by atoms with Crippen molar-refractivity contribution in [2.75, 3.05) is 18.9 Å². The summed E-state index contributed by atoms with van der Waals surface area (Å²) in [7, 11) is 0. The Labute approximate surface area is 113 Å². The lowest BCUT2D eigenvalue weighted by atomic mass is 10.1. The number of hydrogen-bond donors (Lipinski definition) is 2. The molecule has 0 aliphatic heterocycles. The van der Waals surface area contributed by atoms with Crippen LogP contribution in [0.1, 0.15) is 37.6 Å². The van der Waals surface area contributed by atoms with Gasteiger partial charge in [0.05, 0.1) is 24.4 Å². The summed E-state index contributed by atoms with van der Waals surface area (Å²) < 4.78 is 10.4. The molecule has 1 rings (SSSR count). The summed E-state index contributed by atoms with van der Waals surface area (Å²) in [6.07, 6.45) is 0.374. The highest BCUT2D eigenvalue weighted by Crippen LogP contribution is 2.20. The molecule has 0 radical (unpaired) electrons. The molecule has 5 heteroatoms. The number of esters is 1. The van der Waals surface area contributed by atoms with E-state index in [1.54, 1.807) is 26.0 Å². The first-order valence-electron chi connectivity index (χ1n) is 6.24. The largest absolute Gasteiger partial charge is 0.494 e. The number of benzene rings is 1. The van der Waals surface area contributed by atoms with E-state index in [-0.39, 0.29) is 6.61 Å². The molecule has 0 aliphatic rings. The Morgan fingerprint density at radius 2 is 2.05 bits per heavy atom. The van der Waals surface area contributed by atoms with Crippen molar-refractivity contribution in [3.8, 4) is 5.75 Å². The van der Waals surface area contributed by atoms with Gasteiger partial charge in [0.1, 0.15) is 5.75 Å². The van der Waals surface area contributed by atoms with Crippen LogP contribution >= 0.6 is 0 Å². The van der Waals surface area contributed by atoms with Gasteiger partial charge < -0.3 is 20.3 Å². The van der Waals surface area contributed by atoms with Gasteiger partial charge >= 0.3 is 5.97 Å². The molecule has 0 saturated carbocycles. The Balaban J connectivity index is 2.66. The summed E-state index contributed by atoms with van der Waals surface area (Å²) in [5.74, 6) is 0.0643. The zero-order valence-electron chi connectivity index (χ0n) is 11.6. The molecule has 0 bridgehead atoms. The van der Waals surface area contributed by atoms with E-state index in [1.165, 1.54) is 6.07 Å². The van der Waals surface area contributed by atoms with Crippen LogP contribution < -0.4 is 10.5 Å². The second kappa shape index (κ2) is 6.43. The first kappa shape index (κ1) is 15.3. The van der Waals surface area contributed by atoms with Gasteiger partial charge in [-0.1, -0.05) is 0 Å². The van der Waals surface area contributed by atoms with Crippen molar-refractivity contribution in [2.24, 2.45) is 0 Å². The summed E-state index contributed by atoms with van der Waals surface area (Å²) >= 11 is 0. The number of anilines is 1. The SMILES string of the molecule is CCOc1cc(N)cc(C(=O)OCCC(C)(C)O)c1. The number of carbonyl (C=O) groups is 1. The van der Waals surface area contributed by atoms with Crippen LogP contribution in [0.5, 0.6) is 5.75 Å². The van der Waals surface area contributed by atoms with Gasteiger partial charge in [0, 0.05) is 18.2 Å². The fourth-order valence-electron chi connectivity index (χ4n) is 1.47. The highest BCUT2D eigenvalue weighted by molar-refractivity contribution is 5.91. The van der Waals surface area contributed by atoms with E-state index in [9.17, 15) is 9.90 Å². The molecule has 5 nitrogen and oxygen atoms in total. The molecule has 1 aromatic rings. The standard InChI is InChI=1S/C14H21NO4/c1-4-18-12-8-10(7-11(15)9-12)13(16)19-6-5-14(2,3)17/h7-9,17H,4-6,15H2,1-3H3. The predicted octanol–water partition coefficient (Wildman–Crippen LogP) is 1.99. The van der Waals surface area contributed by atoms with Gasteiger partial charge in [0.2, 0.25) is 0 Å². The molecule has 1 aromatic carbocycles. The predicted molar refractivity (Wildman–Crippen MR) is 73.2 cm³/mol. The lowest BCUT2D eigenvalue weighted by Gasteiger charge is -2.16. The highest BCUT2D eigenvalue weighted by atomic mass is 16.5. The number of hydrogen-bond acceptors (Lipinski definition) is 5. The number of rotatable bonds is 6. The third-order valence-electron chi connectivity index (χ3n) is 2.42. The van der Waals surface area contributed by atoms with Gasteiger partial charge in [-0.15, -0.1) is 0 Å². The van der Waals surface area contributed by atoms with Gasteiger partial charge in [-0.25, -0.2) is 4.79 Å². The number of carbonyl (C=O) groups excluding carboxylic acids is 1. The maximum Gasteiger partial charge on any atom is 0.338 e. The second-order valence-electron chi connectivity index (χ2n) is 4.92. The van der Waals surface area contributed by atoms with Crippen LogP contribution in [-0.2, 0) is 4.74 Å². The Morgan fingerprint density at radius 3 is 2.63 bits per heavy atom. The fraction of sp³-hybridized carbons (Fsp3) is 0.500. The van der Waals surface area contributed by atoms with Crippen LogP contribution in [0.3, 0.4) is 0 Å². The van der Waals surface area contributed by atoms with E-state index in [0.717, 1.165) is 0 Å². The molecule has 0 saturated heterocycles. The summed E-state index contributed by atoms with van der Waals surface area (Å²) in [5.41, 5.74) is 5.63. The topological polar surface area (TPSA) is 81.8 Å². The average Bonchev–Trinajstić information content (AvgIpc) is 2.26. The molecule has 19 heavy (non-hydrogen) atoms. The van der Waals surface area contributed by atoms with Crippen molar-refractivity contribution < 1.29 is 19.4 Å². The Bertz CT molecular complexity index is 438. The molecule has 0 spiro atoms. The van der Waals surface area contributed by atoms with Crippen molar-refractivity contribution >= 4 is 11.7 Å². The molecule has 0 aromatic heterocycles. The quantitative estimate of drug-likeness (QED) is 0.608. The lowest BCUT2D eigenvalue weighted by Crippen LogP contribution is -2.22. The number of aliphatic hydroxyl groups is 1. The van der Waals surface area contributed by atoms with E-state index >= 15 is 0 Å². The Morgan fingerprint density at radius 1 is 1.37 bits per heavy atom. The van der Waals surface area contributed by atoms with E-state index in [0.29, 0.717) is 30.0 Å². The summed E-state index contributed by atoms with van der Waals surface area (Å²) in [6, 6.07) is 4.78. The van der Waals surface area contributed by atoms with E-state index in [2.05, 4.69) is 0 Å². The third kappa shape index (κ3) is 5.61. The van der Waals surface area contributed by atoms with Crippen LogP contribution in [0.2, 0.25) is 0 Å². The molecule has 0 atom stereocenters. The normalized spacial score (nSPS) is 11.2. The highest BCUT2D eigenvalue weighted by Gasteiger charge is 2.15. The molecular formula is C14H21NO4. The average molecular weight is 267 g/mol. The minimum Gasteiger partial charge on any atom is -0.494 e. The Kier molecular flexibility index (Phi) is 5.18. The van der Waals surface area contributed by atoms with Crippen LogP contribution in [0.25, 0.3) is 0 Å². The van der Waals surface area contributed by atoms with Gasteiger partial charge in [0.25, 0.3) is 0 Å². The van der Waals surface area contributed by atoms with Crippen LogP contribution in [0.4, 0.5) is 5.69 Å². The smallest absolute Gasteiger partial charge is 0.338 e. The van der Waals surface area contributed by atoms with Crippen molar-refractivity contribution in [3.63, 3.8) is 0 Å². The molecular weight excluding hydrogens is 246 g/mol.